The number of aryl methyl sites for hydroxylation is 1. The summed E-state index contributed by atoms with van der Waals surface area (Å²) in [7, 11) is 1.94. The molecular formula is C17H20FN3O2. The van der Waals surface area contributed by atoms with Gasteiger partial charge in [-0.15, -0.1) is 0 Å². The van der Waals surface area contributed by atoms with Crippen molar-refractivity contribution in [3.63, 3.8) is 0 Å². The lowest BCUT2D eigenvalue weighted by Crippen LogP contribution is -2.26. The summed E-state index contributed by atoms with van der Waals surface area (Å²) in [6.07, 6.45) is 0. The molecule has 2 heterocycles. The van der Waals surface area contributed by atoms with Gasteiger partial charge >= 0.3 is 0 Å². The van der Waals surface area contributed by atoms with Gasteiger partial charge in [-0.1, -0.05) is 0 Å². The number of nitrogens with zero attached hydrogens (tertiary/aromatic N) is 3. The third-order valence-electron chi connectivity index (χ3n) is 4.16. The van der Waals surface area contributed by atoms with Crippen molar-refractivity contribution in [2.24, 2.45) is 0 Å². The minimum absolute atomic E-state index is 0.107. The maximum absolute atomic E-state index is 13.7. The summed E-state index contributed by atoms with van der Waals surface area (Å²) in [5.41, 5.74) is 2.36. The molecule has 5 nitrogen and oxygen atoms in total. The summed E-state index contributed by atoms with van der Waals surface area (Å²) in [6.45, 7) is 3.88. The third kappa shape index (κ3) is 2.87. The molecule has 3 rings (SSSR count). The lowest BCUT2D eigenvalue weighted by Gasteiger charge is -2.17. The number of hydrogen-bond donors (Lipinski definition) is 2. The van der Waals surface area contributed by atoms with E-state index in [1.165, 1.54) is 6.07 Å². The summed E-state index contributed by atoms with van der Waals surface area (Å²) in [4.78, 5) is 5.96. The first-order valence-electron chi connectivity index (χ1n) is 7.58. The van der Waals surface area contributed by atoms with E-state index in [1.807, 2.05) is 11.9 Å². The number of aromatic hydroxyl groups is 1. The maximum Gasteiger partial charge on any atom is 0.213 e. The summed E-state index contributed by atoms with van der Waals surface area (Å²) < 4.78 is 15.8. The predicted molar refractivity (Wildman–Crippen MR) is 88.2 cm³/mol. The Labute approximate surface area is 133 Å². The summed E-state index contributed by atoms with van der Waals surface area (Å²) in [6, 6.07) is 6.55. The minimum Gasteiger partial charge on any atom is -0.508 e. The molecule has 0 aliphatic rings. The molecule has 0 radical (unpaired) electrons. The zero-order valence-electron chi connectivity index (χ0n) is 13.3. The van der Waals surface area contributed by atoms with Crippen LogP contribution in [0.5, 0.6) is 5.75 Å². The Hall–Kier alpha value is -2.18. The molecule has 3 aromatic rings. The Bertz CT molecular complexity index is 860. The minimum atomic E-state index is -0.500. The van der Waals surface area contributed by atoms with Crippen molar-refractivity contribution in [2.45, 2.75) is 13.5 Å². The molecule has 0 fully saturated rings. The van der Waals surface area contributed by atoms with Crippen molar-refractivity contribution in [2.75, 3.05) is 26.7 Å². The fourth-order valence-electron chi connectivity index (χ4n) is 3.05. The molecule has 1 aromatic carbocycles. The van der Waals surface area contributed by atoms with Gasteiger partial charge in [0.2, 0.25) is 5.95 Å². The molecule has 0 aliphatic heterocycles. The first-order chi connectivity index (χ1) is 11.0. The Morgan fingerprint density at radius 1 is 1.22 bits per heavy atom. The molecule has 0 aliphatic carbocycles. The fraction of sp³-hybridized carbons (Fsp3) is 0.353. The van der Waals surface area contributed by atoms with Crippen LogP contribution in [0.15, 0.2) is 24.3 Å². The first kappa shape index (κ1) is 15.7. The predicted octanol–water partition coefficient (Wildman–Crippen LogP) is 2.27. The average molecular weight is 317 g/mol. The van der Waals surface area contributed by atoms with Crippen LogP contribution >= 0.6 is 0 Å². The number of aromatic nitrogens is 2. The molecule has 0 bridgehead atoms. The molecule has 0 saturated carbocycles. The Morgan fingerprint density at radius 3 is 2.74 bits per heavy atom. The number of pyridine rings is 1. The second kappa shape index (κ2) is 6.14. The highest BCUT2D eigenvalue weighted by Crippen LogP contribution is 2.32. The Balaban J connectivity index is 2.17. The fourth-order valence-corrected chi connectivity index (χ4v) is 3.05. The number of phenols is 1. The smallest absolute Gasteiger partial charge is 0.213 e. The largest absolute Gasteiger partial charge is 0.508 e. The number of aliphatic hydroxyl groups excluding tert-OH is 1. The monoisotopic (exact) mass is 317 g/mol. The summed E-state index contributed by atoms with van der Waals surface area (Å²) in [5.74, 6) is -0.323. The van der Waals surface area contributed by atoms with Crippen molar-refractivity contribution >= 4 is 21.8 Å². The number of aliphatic hydroxyl groups is 1. The van der Waals surface area contributed by atoms with E-state index in [0.717, 1.165) is 28.4 Å². The molecule has 6 heteroatoms. The van der Waals surface area contributed by atoms with Crippen molar-refractivity contribution in [3.05, 3.63) is 35.9 Å². The topological polar surface area (TPSA) is 61.5 Å². The van der Waals surface area contributed by atoms with Gasteiger partial charge in [0.25, 0.3) is 0 Å². The average Bonchev–Trinajstić information content (AvgIpc) is 2.78. The molecule has 0 amide bonds. The van der Waals surface area contributed by atoms with Crippen LogP contribution in [0.25, 0.3) is 21.8 Å². The van der Waals surface area contributed by atoms with Crippen LogP contribution in [0.2, 0.25) is 0 Å². The summed E-state index contributed by atoms with van der Waals surface area (Å²) >= 11 is 0. The molecule has 2 aromatic heterocycles. The Morgan fingerprint density at radius 2 is 2.00 bits per heavy atom. The van der Waals surface area contributed by atoms with E-state index in [-0.39, 0.29) is 12.4 Å². The van der Waals surface area contributed by atoms with Crippen LogP contribution in [-0.2, 0) is 6.54 Å². The lowest BCUT2D eigenvalue weighted by molar-refractivity contribution is 0.218. The zero-order valence-corrected chi connectivity index (χ0v) is 13.3. The molecule has 23 heavy (non-hydrogen) atoms. The zero-order chi connectivity index (χ0) is 16.6. The van der Waals surface area contributed by atoms with Crippen molar-refractivity contribution in [3.8, 4) is 5.75 Å². The standard InChI is InChI=1S/C17H20FN3O2/c1-11-17-14(10-16(18)19-11)13-4-3-12(23)9-15(13)21(17)6-5-20(2)7-8-22/h3-4,9-10,22-23H,5-8H2,1-2H3. The van der Waals surface area contributed by atoms with Gasteiger partial charge in [0, 0.05) is 42.5 Å². The number of rotatable bonds is 5. The van der Waals surface area contributed by atoms with Crippen molar-refractivity contribution in [1.82, 2.24) is 14.5 Å². The quantitative estimate of drug-likeness (QED) is 0.709. The van der Waals surface area contributed by atoms with E-state index < -0.39 is 5.95 Å². The van der Waals surface area contributed by atoms with Crippen LogP contribution in [0.3, 0.4) is 0 Å². The number of halogens is 1. The first-order valence-corrected chi connectivity index (χ1v) is 7.58. The molecular weight excluding hydrogens is 297 g/mol. The number of hydrogen-bond acceptors (Lipinski definition) is 4. The normalized spacial score (nSPS) is 11.9. The number of likely N-dealkylation sites (N-methyl/N-ethyl adjacent to an activating group) is 1. The Kier molecular flexibility index (Phi) is 4.19. The molecule has 0 atom stereocenters. The van der Waals surface area contributed by atoms with Gasteiger partial charge in [-0.25, -0.2) is 4.98 Å². The van der Waals surface area contributed by atoms with E-state index in [9.17, 15) is 9.50 Å². The van der Waals surface area contributed by atoms with Gasteiger partial charge in [-0.2, -0.15) is 4.39 Å². The maximum atomic E-state index is 13.7. The van der Waals surface area contributed by atoms with Gasteiger partial charge in [0.15, 0.2) is 0 Å². The highest BCUT2D eigenvalue weighted by molar-refractivity contribution is 6.09. The number of phenolic OH excluding ortho intramolecular Hbond substituents is 1. The molecule has 122 valence electrons. The van der Waals surface area contributed by atoms with E-state index in [0.29, 0.717) is 18.8 Å². The highest BCUT2D eigenvalue weighted by atomic mass is 19.1. The van der Waals surface area contributed by atoms with E-state index >= 15 is 0 Å². The van der Waals surface area contributed by atoms with Gasteiger partial charge < -0.3 is 19.7 Å². The van der Waals surface area contributed by atoms with Crippen molar-refractivity contribution < 1.29 is 14.6 Å². The van der Waals surface area contributed by atoms with Gasteiger partial charge in [0.1, 0.15) is 5.75 Å². The number of benzene rings is 1. The third-order valence-corrected chi connectivity index (χ3v) is 4.16. The second-order valence-electron chi connectivity index (χ2n) is 5.81. The summed E-state index contributed by atoms with van der Waals surface area (Å²) in [5, 5.41) is 20.5. The van der Waals surface area contributed by atoms with Crippen LogP contribution in [-0.4, -0.2) is 51.4 Å². The van der Waals surface area contributed by atoms with Gasteiger partial charge in [0.05, 0.1) is 23.3 Å². The number of fused-ring (bicyclic) bond motifs is 3. The van der Waals surface area contributed by atoms with Crippen LogP contribution < -0.4 is 0 Å². The van der Waals surface area contributed by atoms with Crippen molar-refractivity contribution in [1.29, 1.82) is 0 Å². The molecule has 0 unspecified atom stereocenters. The van der Waals surface area contributed by atoms with Crippen LogP contribution in [0.1, 0.15) is 5.69 Å². The van der Waals surface area contributed by atoms with Crippen LogP contribution in [0, 0.1) is 12.9 Å². The lowest BCUT2D eigenvalue weighted by atomic mass is 10.1. The van der Waals surface area contributed by atoms with Gasteiger partial charge in [-0.05, 0) is 26.1 Å². The van der Waals surface area contributed by atoms with Crippen LogP contribution in [0.4, 0.5) is 4.39 Å². The van der Waals surface area contributed by atoms with E-state index in [2.05, 4.69) is 9.55 Å². The van der Waals surface area contributed by atoms with E-state index in [1.54, 1.807) is 25.1 Å². The molecule has 2 N–H and O–H groups in total. The molecule has 0 spiro atoms. The molecule has 0 saturated heterocycles. The second-order valence-corrected chi connectivity index (χ2v) is 5.81. The highest BCUT2D eigenvalue weighted by Gasteiger charge is 2.15. The SMILES string of the molecule is Cc1nc(F)cc2c3ccc(O)cc3n(CCN(C)CCO)c12. The van der Waals surface area contributed by atoms with E-state index in [4.69, 9.17) is 5.11 Å². The van der Waals surface area contributed by atoms with Gasteiger partial charge in [-0.3, -0.25) is 0 Å².